The molecule has 5 nitrogen and oxygen atoms in total. The Kier molecular flexibility index (Phi) is 2.02. The number of likely N-dealkylation sites (tertiary alicyclic amines) is 1. The van der Waals surface area contributed by atoms with Crippen molar-refractivity contribution in [1.29, 1.82) is 0 Å². The molecule has 2 heterocycles. The van der Waals surface area contributed by atoms with E-state index in [2.05, 4.69) is 5.10 Å². The minimum Gasteiger partial charge on any atom is -0.338 e. The summed E-state index contributed by atoms with van der Waals surface area (Å²) in [5.74, 6) is 0.0883. The second-order valence-electron chi connectivity index (χ2n) is 3.26. The molecule has 0 aliphatic carbocycles. The van der Waals surface area contributed by atoms with Gasteiger partial charge in [0.05, 0.1) is 0 Å². The van der Waals surface area contributed by atoms with Gasteiger partial charge in [-0.15, -0.1) is 0 Å². The molecule has 1 fully saturated rings. The van der Waals surface area contributed by atoms with E-state index in [1.165, 1.54) is 0 Å². The number of carbonyl (C=O) groups excluding carboxylic acids is 1. The summed E-state index contributed by atoms with van der Waals surface area (Å²) in [6, 6.07) is 1.97. The summed E-state index contributed by atoms with van der Waals surface area (Å²) >= 11 is 0. The molecule has 0 aromatic carbocycles. The number of aromatic nitrogens is 2. The lowest BCUT2D eigenvalue weighted by Gasteiger charge is -2.36. The maximum Gasteiger partial charge on any atom is 0.244 e. The lowest BCUT2D eigenvalue weighted by atomic mass is 10.1. The summed E-state index contributed by atoms with van der Waals surface area (Å²) in [5, 5.41) is 3.95. The van der Waals surface area contributed by atoms with Crippen LogP contribution in [0.2, 0.25) is 0 Å². The fourth-order valence-electron chi connectivity index (χ4n) is 1.35. The maximum absolute atomic E-state index is 11.4. The van der Waals surface area contributed by atoms with Gasteiger partial charge < -0.3 is 10.6 Å². The molecular formula is C8H12N4O. The van der Waals surface area contributed by atoms with Crippen molar-refractivity contribution in [2.45, 2.75) is 12.6 Å². The molecule has 0 bridgehead atoms. The molecule has 0 atom stereocenters. The molecule has 2 rings (SSSR count). The largest absolute Gasteiger partial charge is 0.338 e. The average Bonchev–Trinajstić information content (AvgIpc) is 2.51. The summed E-state index contributed by atoms with van der Waals surface area (Å²) in [7, 11) is 0. The lowest BCUT2D eigenvalue weighted by molar-refractivity contribution is -0.136. The molecule has 0 unspecified atom stereocenters. The van der Waals surface area contributed by atoms with E-state index in [4.69, 9.17) is 5.73 Å². The normalized spacial score (nSPS) is 17.2. The third-order valence-electron chi connectivity index (χ3n) is 2.12. The van der Waals surface area contributed by atoms with Crippen molar-refractivity contribution in [3.63, 3.8) is 0 Å². The lowest BCUT2D eigenvalue weighted by Crippen LogP contribution is -2.58. The van der Waals surface area contributed by atoms with Gasteiger partial charge in [-0.05, 0) is 6.07 Å². The molecule has 1 aliphatic rings. The van der Waals surface area contributed by atoms with Crippen molar-refractivity contribution in [2.24, 2.45) is 5.73 Å². The highest BCUT2D eigenvalue weighted by molar-refractivity contribution is 5.76. The Labute approximate surface area is 76.1 Å². The van der Waals surface area contributed by atoms with E-state index in [0.717, 1.165) is 0 Å². The number of hydrogen-bond acceptors (Lipinski definition) is 3. The van der Waals surface area contributed by atoms with Gasteiger partial charge in [-0.3, -0.25) is 9.48 Å². The van der Waals surface area contributed by atoms with Crippen molar-refractivity contribution in [1.82, 2.24) is 14.7 Å². The highest BCUT2D eigenvalue weighted by atomic mass is 16.2. The summed E-state index contributed by atoms with van der Waals surface area (Å²) in [6.07, 6.45) is 3.44. The third kappa shape index (κ3) is 1.70. The highest BCUT2D eigenvalue weighted by Gasteiger charge is 2.27. The SMILES string of the molecule is NC1CN(C(=O)Cn2cccn2)C1. The molecule has 0 saturated carbocycles. The summed E-state index contributed by atoms with van der Waals surface area (Å²) in [5.41, 5.74) is 5.56. The number of amides is 1. The van der Waals surface area contributed by atoms with Gasteiger partial charge in [0.25, 0.3) is 0 Å². The summed E-state index contributed by atoms with van der Waals surface area (Å²) < 4.78 is 1.62. The van der Waals surface area contributed by atoms with Gasteiger partial charge in [-0.1, -0.05) is 0 Å². The van der Waals surface area contributed by atoms with E-state index < -0.39 is 0 Å². The first kappa shape index (κ1) is 8.25. The van der Waals surface area contributed by atoms with Crippen molar-refractivity contribution in [2.75, 3.05) is 13.1 Å². The average molecular weight is 180 g/mol. The fraction of sp³-hybridized carbons (Fsp3) is 0.500. The van der Waals surface area contributed by atoms with Gasteiger partial charge in [-0.25, -0.2) is 0 Å². The predicted octanol–water partition coefficient (Wildman–Crippen LogP) is -0.947. The maximum atomic E-state index is 11.4. The van der Waals surface area contributed by atoms with Gasteiger partial charge >= 0.3 is 0 Å². The molecule has 0 spiro atoms. The molecular weight excluding hydrogens is 168 g/mol. The van der Waals surface area contributed by atoms with Crippen LogP contribution >= 0.6 is 0 Å². The molecule has 1 aromatic rings. The first-order chi connectivity index (χ1) is 6.25. The molecule has 1 aromatic heterocycles. The Morgan fingerprint density at radius 1 is 1.62 bits per heavy atom. The number of nitrogens with two attached hydrogens (primary N) is 1. The first-order valence-corrected chi connectivity index (χ1v) is 4.26. The Balaban J connectivity index is 1.86. The van der Waals surface area contributed by atoms with E-state index in [-0.39, 0.29) is 11.9 Å². The van der Waals surface area contributed by atoms with Crippen molar-refractivity contribution >= 4 is 5.91 Å². The second-order valence-corrected chi connectivity index (χ2v) is 3.26. The molecule has 13 heavy (non-hydrogen) atoms. The van der Waals surface area contributed by atoms with E-state index in [1.807, 2.05) is 0 Å². The zero-order valence-electron chi connectivity index (χ0n) is 7.26. The molecule has 1 saturated heterocycles. The van der Waals surface area contributed by atoms with Gasteiger partial charge in [0, 0.05) is 31.5 Å². The van der Waals surface area contributed by atoms with Gasteiger partial charge in [0.2, 0.25) is 5.91 Å². The van der Waals surface area contributed by atoms with Gasteiger partial charge in [0.1, 0.15) is 6.54 Å². The molecule has 1 aliphatic heterocycles. The fourth-order valence-corrected chi connectivity index (χ4v) is 1.35. The van der Waals surface area contributed by atoms with E-state index in [9.17, 15) is 4.79 Å². The molecule has 0 radical (unpaired) electrons. The summed E-state index contributed by atoms with van der Waals surface area (Å²) in [6.45, 7) is 1.68. The smallest absolute Gasteiger partial charge is 0.244 e. The minimum atomic E-state index is 0.0883. The van der Waals surface area contributed by atoms with Crippen LogP contribution in [-0.4, -0.2) is 39.7 Å². The van der Waals surface area contributed by atoms with Gasteiger partial charge in [0.15, 0.2) is 0 Å². The third-order valence-corrected chi connectivity index (χ3v) is 2.12. The predicted molar refractivity (Wildman–Crippen MR) is 46.8 cm³/mol. The summed E-state index contributed by atoms with van der Waals surface area (Å²) in [4.78, 5) is 13.2. The van der Waals surface area contributed by atoms with Crippen LogP contribution in [0.15, 0.2) is 18.5 Å². The molecule has 1 amide bonds. The highest BCUT2D eigenvalue weighted by Crippen LogP contribution is 2.05. The Morgan fingerprint density at radius 2 is 2.38 bits per heavy atom. The quantitative estimate of drug-likeness (QED) is 0.638. The van der Waals surface area contributed by atoms with E-state index in [1.54, 1.807) is 28.0 Å². The van der Waals surface area contributed by atoms with Crippen LogP contribution in [0.5, 0.6) is 0 Å². The van der Waals surface area contributed by atoms with E-state index >= 15 is 0 Å². The Hall–Kier alpha value is -1.36. The van der Waals surface area contributed by atoms with Crippen molar-refractivity contribution in [3.8, 4) is 0 Å². The second kappa shape index (κ2) is 3.18. The Morgan fingerprint density at radius 3 is 2.92 bits per heavy atom. The number of carbonyl (C=O) groups is 1. The zero-order chi connectivity index (χ0) is 9.26. The Bertz CT molecular complexity index is 289. The minimum absolute atomic E-state index is 0.0883. The van der Waals surface area contributed by atoms with Crippen LogP contribution in [0.4, 0.5) is 0 Å². The van der Waals surface area contributed by atoms with Crippen molar-refractivity contribution < 1.29 is 4.79 Å². The molecule has 70 valence electrons. The number of hydrogen-bond donors (Lipinski definition) is 1. The topological polar surface area (TPSA) is 64.2 Å². The van der Waals surface area contributed by atoms with Gasteiger partial charge in [-0.2, -0.15) is 5.10 Å². The number of rotatable bonds is 2. The standard InChI is InChI=1S/C8H12N4O/c9-7-4-11(5-7)8(13)6-12-3-1-2-10-12/h1-3,7H,4-6,9H2. The number of nitrogens with zero attached hydrogens (tertiary/aromatic N) is 3. The van der Waals surface area contributed by atoms with Crippen LogP contribution in [0.1, 0.15) is 0 Å². The molecule has 2 N–H and O–H groups in total. The zero-order valence-corrected chi connectivity index (χ0v) is 7.26. The van der Waals surface area contributed by atoms with E-state index in [0.29, 0.717) is 19.6 Å². The first-order valence-electron chi connectivity index (χ1n) is 4.26. The van der Waals surface area contributed by atoms with Crippen LogP contribution in [0.25, 0.3) is 0 Å². The van der Waals surface area contributed by atoms with Crippen LogP contribution in [-0.2, 0) is 11.3 Å². The molecule has 5 heteroatoms. The monoisotopic (exact) mass is 180 g/mol. The van der Waals surface area contributed by atoms with Crippen LogP contribution in [0, 0.1) is 0 Å². The van der Waals surface area contributed by atoms with Crippen LogP contribution < -0.4 is 5.73 Å². The van der Waals surface area contributed by atoms with Crippen molar-refractivity contribution in [3.05, 3.63) is 18.5 Å². The van der Waals surface area contributed by atoms with Crippen LogP contribution in [0.3, 0.4) is 0 Å².